The molecule has 1 saturated heterocycles. The number of hydrogen-bond acceptors (Lipinski definition) is 5. The Kier molecular flexibility index (Phi) is 5.44. The summed E-state index contributed by atoms with van der Waals surface area (Å²) < 4.78 is 32.0. The molecule has 9 heteroatoms. The molecule has 2 fully saturated rings. The van der Waals surface area contributed by atoms with Crippen molar-refractivity contribution < 1.29 is 17.9 Å². The van der Waals surface area contributed by atoms with Crippen LogP contribution in [0.15, 0.2) is 23.1 Å². The monoisotopic (exact) mass is 375 g/mol. The number of methoxy groups -OCH3 is 1. The van der Waals surface area contributed by atoms with Crippen molar-refractivity contribution in [2.24, 2.45) is 5.73 Å². The van der Waals surface area contributed by atoms with E-state index in [0.29, 0.717) is 31.6 Å². The molecule has 24 heavy (non-hydrogen) atoms. The van der Waals surface area contributed by atoms with Crippen molar-refractivity contribution in [3.63, 3.8) is 0 Å². The summed E-state index contributed by atoms with van der Waals surface area (Å²) in [4.78, 5) is 12.1. The first kappa shape index (κ1) is 19.0. The summed E-state index contributed by atoms with van der Waals surface area (Å²) in [7, 11) is -2.16. The molecule has 2 aliphatic rings. The topological polar surface area (TPSA) is 102 Å². The van der Waals surface area contributed by atoms with Gasteiger partial charge in [-0.1, -0.05) is 0 Å². The van der Waals surface area contributed by atoms with Crippen LogP contribution in [0.1, 0.15) is 25.7 Å². The van der Waals surface area contributed by atoms with Gasteiger partial charge in [0.05, 0.1) is 12.6 Å². The van der Waals surface area contributed by atoms with Crippen LogP contribution < -0.4 is 15.8 Å². The van der Waals surface area contributed by atoms with Crippen molar-refractivity contribution in [3.8, 4) is 5.75 Å². The van der Waals surface area contributed by atoms with Crippen LogP contribution in [-0.2, 0) is 14.8 Å². The molecule has 0 unspecified atom stereocenters. The molecular weight excluding hydrogens is 354 g/mol. The maximum atomic E-state index is 12.7. The molecule has 0 radical (unpaired) electrons. The first-order valence-corrected chi connectivity index (χ1v) is 9.09. The zero-order chi connectivity index (χ0) is 16.7. The Morgan fingerprint density at radius 3 is 2.46 bits per heavy atom. The fourth-order valence-electron chi connectivity index (χ4n) is 2.64. The van der Waals surface area contributed by atoms with Crippen LogP contribution in [0.5, 0.6) is 5.75 Å². The highest BCUT2D eigenvalue weighted by Crippen LogP contribution is 2.35. The summed E-state index contributed by atoms with van der Waals surface area (Å²) in [5, 5.41) is 2.71. The van der Waals surface area contributed by atoms with Gasteiger partial charge in [-0.2, -0.15) is 4.31 Å². The van der Waals surface area contributed by atoms with E-state index in [9.17, 15) is 13.2 Å². The molecule has 1 saturated carbocycles. The second-order valence-electron chi connectivity index (χ2n) is 6.09. The molecule has 0 spiro atoms. The number of benzene rings is 1. The third kappa shape index (κ3) is 3.51. The van der Waals surface area contributed by atoms with E-state index in [1.54, 1.807) is 6.07 Å². The number of sulfonamides is 1. The lowest BCUT2D eigenvalue weighted by Gasteiger charge is -2.18. The number of nitrogens with two attached hydrogens (primary N) is 1. The van der Waals surface area contributed by atoms with Gasteiger partial charge in [0, 0.05) is 24.8 Å². The number of nitrogens with one attached hydrogen (secondary N) is 1. The molecule has 0 aromatic heterocycles. The molecule has 1 amide bonds. The van der Waals surface area contributed by atoms with Crippen LogP contribution in [-0.4, -0.2) is 44.4 Å². The summed E-state index contributed by atoms with van der Waals surface area (Å²) in [6.07, 6.45) is 3.07. The number of nitrogens with zero attached hydrogens (tertiary/aromatic N) is 1. The van der Waals surface area contributed by atoms with E-state index < -0.39 is 15.6 Å². The van der Waals surface area contributed by atoms with Gasteiger partial charge in [0.1, 0.15) is 10.6 Å². The first-order chi connectivity index (χ1) is 10.9. The number of anilines is 1. The fourth-order valence-corrected chi connectivity index (χ4v) is 4.30. The highest BCUT2D eigenvalue weighted by Gasteiger charge is 2.46. The lowest BCUT2D eigenvalue weighted by molar-refractivity contribution is -0.118. The van der Waals surface area contributed by atoms with Gasteiger partial charge in [0.2, 0.25) is 15.9 Å². The molecule has 1 aromatic rings. The van der Waals surface area contributed by atoms with Crippen molar-refractivity contribution >= 4 is 34.0 Å². The molecule has 3 N–H and O–H groups in total. The molecule has 3 rings (SSSR count). The number of carbonyl (C=O) groups excluding carboxylic acids is 1. The van der Waals surface area contributed by atoms with Gasteiger partial charge in [-0.15, -0.1) is 12.4 Å². The Labute approximate surface area is 148 Å². The summed E-state index contributed by atoms with van der Waals surface area (Å²) in [5.74, 6) is -0.0359. The third-order valence-electron chi connectivity index (χ3n) is 4.35. The normalized spacial score (nSPS) is 19.4. The maximum Gasteiger partial charge on any atom is 0.246 e. The van der Waals surface area contributed by atoms with Gasteiger partial charge in [-0.25, -0.2) is 8.42 Å². The Morgan fingerprint density at radius 1 is 1.29 bits per heavy atom. The minimum Gasteiger partial charge on any atom is -0.495 e. The van der Waals surface area contributed by atoms with E-state index in [1.165, 1.54) is 23.5 Å². The smallest absolute Gasteiger partial charge is 0.246 e. The van der Waals surface area contributed by atoms with Crippen molar-refractivity contribution in [2.45, 2.75) is 36.1 Å². The maximum absolute atomic E-state index is 12.7. The number of carbonyl (C=O) groups is 1. The number of amides is 1. The van der Waals surface area contributed by atoms with E-state index in [2.05, 4.69) is 5.32 Å². The largest absolute Gasteiger partial charge is 0.495 e. The molecule has 134 valence electrons. The molecule has 1 heterocycles. The second kappa shape index (κ2) is 6.87. The minimum atomic E-state index is -3.57. The standard InChI is InChI=1S/C15H21N3O4S.ClH/c1-22-12-10-11(17-14(19)15(16)6-7-15)4-5-13(12)23(20,21)18-8-2-3-9-18;/h4-5,10H,2-3,6-9,16H2,1H3,(H,17,19);1H. The minimum absolute atomic E-state index is 0. The molecular formula is C15H22ClN3O4S. The summed E-state index contributed by atoms with van der Waals surface area (Å²) in [6.45, 7) is 1.05. The van der Waals surface area contributed by atoms with Crippen LogP contribution >= 0.6 is 12.4 Å². The van der Waals surface area contributed by atoms with Crippen molar-refractivity contribution in [3.05, 3.63) is 18.2 Å². The van der Waals surface area contributed by atoms with Crippen LogP contribution in [0.2, 0.25) is 0 Å². The van der Waals surface area contributed by atoms with E-state index in [1.807, 2.05) is 0 Å². The van der Waals surface area contributed by atoms with E-state index >= 15 is 0 Å². The SMILES string of the molecule is COc1cc(NC(=O)C2(N)CC2)ccc1S(=O)(=O)N1CCCC1.Cl. The second-order valence-corrected chi connectivity index (χ2v) is 7.99. The average Bonchev–Trinajstić information content (AvgIpc) is 3.04. The molecule has 1 aromatic carbocycles. The van der Waals surface area contributed by atoms with Gasteiger partial charge < -0.3 is 15.8 Å². The zero-order valence-corrected chi connectivity index (χ0v) is 15.1. The predicted octanol–water partition coefficient (Wildman–Crippen LogP) is 1.33. The van der Waals surface area contributed by atoms with Gasteiger partial charge in [0.15, 0.2) is 0 Å². The van der Waals surface area contributed by atoms with Crippen LogP contribution in [0.25, 0.3) is 0 Å². The van der Waals surface area contributed by atoms with E-state index in [-0.39, 0.29) is 29.0 Å². The van der Waals surface area contributed by atoms with Crippen LogP contribution in [0.4, 0.5) is 5.69 Å². The van der Waals surface area contributed by atoms with Gasteiger partial charge >= 0.3 is 0 Å². The van der Waals surface area contributed by atoms with Gasteiger partial charge in [-0.05, 0) is 37.8 Å². The highest BCUT2D eigenvalue weighted by atomic mass is 35.5. The summed E-state index contributed by atoms with van der Waals surface area (Å²) >= 11 is 0. The quantitative estimate of drug-likeness (QED) is 0.808. The number of halogens is 1. The fraction of sp³-hybridized carbons (Fsp3) is 0.533. The van der Waals surface area contributed by atoms with Crippen molar-refractivity contribution in [1.82, 2.24) is 4.31 Å². The first-order valence-electron chi connectivity index (χ1n) is 7.65. The average molecular weight is 376 g/mol. The van der Waals surface area contributed by atoms with Crippen molar-refractivity contribution in [1.29, 1.82) is 0 Å². The molecule has 0 atom stereocenters. The van der Waals surface area contributed by atoms with Crippen LogP contribution in [0, 0.1) is 0 Å². The molecule has 7 nitrogen and oxygen atoms in total. The van der Waals surface area contributed by atoms with Crippen molar-refractivity contribution in [2.75, 3.05) is 25.5 Å². The Hall–Kier alpha value is -1.35. The Balaban J connectivity index is 0.00000208. The van der Waals surface area contributed by atoms with Gasteiger partial charge in [0.25, 0.3) is 0 Å². The van der Waals surface area contributed by atoms with E-state index in [4.69, 9.17) is 10.5 Å². The molecule has 1 aliphatic heterocycles. The number of ether oxygens (including phenoxy) is 1. The third-order valence-corrected chi connectivity index (χ3v) is 6.28. The summed E-state index contributed by atoms with van der Waals surface area (Å²) in [5.41, 5.74) is 5.54. The highest BCUT2D eigenvalue weighted by molar-refractivity contribution is 7.89. The Bertz CT molecular complexity index is 728. The van der Waals surface area contributed by atoms with Crippen LogP contribution in [0.3, 0.4) is 0 Å². The van der Waals surface area contributed by atoms with Gasteiger partial charge in [-0.3, -0.25) is 4.79 Å². The predicted molar refractivity (Wildman–Crippen MR) is 93.0 cm³/mol. The zero-order valence-electron chi connectivity index (χ0n) is 13.4. The summed E-state index contributed by atoms with van der Waals surface area (Å²) in [6, 6.07) is 4.56. The Morgan fingerprint density at radius 2 is 1.92 bits per heavy atom. The number of rotatable bonds is 5. The number of hydrogen-bond donors (Lipinski definition) is 2. The molecule has 1 aliphatic carbocycles. The molecule has 0 bridgehead atoms. The lowest BCUT2D eigenvalue weighted by atomic mass is 10.2. The lowest BCUT2D eigenvalue weighted by Crippen LogP contribution is -2.37. The van der Waals surface area contributed by atoms with E-state index in [0.717, 1.165) is 12.8 Å².